The van der Waals surface area contributed by atoms with Crippen molar-refractivity contribution in [1.29, 1.82) is 0 Å². The molecule has 0 saturated carbocycles. The van der Waals surface area contributed by atoms with Crippen molar-refractivity contribution in [2.24, 2.45) is 0 Å². The Morgan fingerprint density at radius 3 is 2.82 bits per heavy atom. The van der Waals surface area contributed by atoms with Crippen molar-refractivity contribution in [3.8, 4) is 0 Å². The van der Waals surface area contributed by atoms with E-state index in [1.165, 1.54) is 11.3 Å². The van der Waals surface area contributed by atoms with Crippen LogP contribution >= 0.6 is 11.3 Å². The van der Waals surface area contributed by atoms with Crippen molar-refractivity contribution in [3.05, 3.63) is 40.9 Å². The van der Waals surface area contributed by atoms with Crippen LogP contribution in [0.15, 0.2) is 29.6 Å². The molecule has 0 unspecified atom stereocenters. The number of hydrogen-bond acceptors (Lipinski definition) is 4. The van der Waals surface area contributed by atoms with Crippen molar-refractivity contribution in [2.45, 2.75) is 20.3 Å². The Morgan fingerprint density at radius 2 is 2.09 bits per heavy atom. The van der Waals surface area contributed by atoms with Gasteiger partial charge in [-0.15, -0.1) is 11.3 Å². The molecule has 7 heteroatoms. The molecular formula is C15H18N4O2S. The third-order valence-electron chi connectivity index (χ3n) is 2.76. The largest absolute Gasteiger partial charge is 0.356 e. The van der Waals surface area contributed by atoms with E-state index in [0.29, 0.717) is 17.4 Å². The molecule has 3 amide bonds. The lowest BCUT2D eigenvalue weighted by molar-refractivity contribution is -0.120. The average Bonchev–Trinajstić information content (AvgIpc) is 2.85. The fourth-order valence-electron chi connectivity index (χ4n) is 1.85. The number of likely N-dealkylation sites (N-methyl/N-ethyl adjacent to an activating group) is 1. The minimum absolute atomic E-state index is 0.0800. The first-order valence-corrected chi connectivity index (χ1v) is 7.80. The summed E-state index contributed by atoms with van der Waals surface area (Å²) in [5.41, 5.74) is 2.43. The predicted octanol–water partition coefficient (Wildman–Crippen LogP) is 2.77. The smallest absolute Gasteiger partial charge is 0.325 e. The van der Waals surface area contributed by atoms with E-state index in [-0.39, 0.29) is 18.4 Å². The van der Waals surface area contributed by atoms with E-state index in [1.807, 2.05) is 38.1 Å². The second-order valence-electron chi connectivity index (χ2n) is 4.72. The summed E-state index contributed by atoms with van der Waals surface area (Å²) in [7, 11) is 0. The molecule has 1 heterocycles. The van der Waals surface area contributed by atoms with Crippen molar-refractivity contribution in [1.82, 2.24) is 10.3 Å². The van der Waals surface area contributed by atoms with Crippen LogP contribution in [0.5, 0.6) is 0 Å². The second-order valence-corrected chi connectivity index (χ2v) is 5.58. The number of anilines is 2. The van der Waals surface area contributed by atoms with Crippen molar-refractivity contribution < 1.29 is 9.59 Å². The first kappa shape index (κ1) is 16.0. The molecule has 2 aromatic rings. The summed E-state index contributed by atoms with van der Waals surface area (Å²) in [5, 5.41) is 10.3. The molecule has 2 rings (SSSR count). The van der Waals surface area contributed by atoms with Gasteiger partial charge in [-0.25, -0.2) is 9.78 Å². The van der Waals surface area contributed by atoms with E-state index in [0.717, 1.165) is 11.3 Å². The molecule has 0 saturated heterocycles. The Bertz CT molecular complexity index is 669. The highest BCUT2D eigenvalue weighted by Crippen LogP contribution is 2.16. The van der Waals surface area contributed by atoms with Gasteiger partial charge in [0.25, 0.3) is 0 Å². The van der Waals surface area contributed by atoms with Gasteiger partial charge in [0.2, 0.25) is 5.91 Å². The van der Waals surface area contributed by atoms with Gasteiger partial charge in [-0.1, -0.05) is 12.1 Å². The first-order chi connectivity index (χ1) is 10.6. The zero-order valence-electron chi connectivity index (χ0n) is 12.5. The third kappa shape index (κ3) is 4.85. The zero-order valence-corrected chi connectivity index (χ0v) is 13.3. The van der Waals surface area contributed by atoms with Crippen LogP contribution in [0.1, 0.15) is 18.2 Å². The van der Waals surface area contributed by atoms with Gasteiger partial charge in [0.1, 0.15) is 0 Å². The maximum Gasteiger partial charge on any atom is 0.325 e. The van der Waals surface area contributed by atoms with Crippen LogP contribution in [0.4, 0.5) is 15.6 Å². The van der Waals surface area contributed by atoms with Gasteiger partial charge < -0.3 is 10.6 Å². The van der Waals surface area contributed by atoms with Crippen LogP contribution in [-0.4, -0.2) is 23.5 Å². The number of hydrogen-bond donors (Lipinski definition) is 3. The number of carbonyl (C=O) groups is 2. The SMILES string of the molecule is CCNC(=O)Cc1csc(NC(=O)Nc2cccc(C)c2)n1. The fraction of sp³-hybridized carbons (Fsp3) is 0.267. The summed E-state index contributed by atoms with van der Waals surface area (Å²) < 4.78 is 0. The van der Waals surface area contributed by atoms with Crippen LogP contribution in [0.3, 0.4) is 0 Å². The van der Waals surface area contributed by atoms with Gasteiger partial charge in [0.15, 0.2) is 5.13 Å². The Balaban J connectivity index is 1.89. The quantitative estimate of drug-likeness (QED) is 0.792. The lowest BCUT2D eigenvalue weighted by Crippen LogP contribution is -2.24. The summed E-state index contributed by atoms with van der Waals surface area (Å²) in [4.78, 5) is 27.6. The predicted molar refractivity (Wildman–Crippen MR) is 88.3 cm³/mol. The molecule has 22 heavy (non-hydrogen) atoms. The number of benzene rings is 1. The van der Waals surface area contributed by atoms with E-state index in [9.17, 15) is 9.59 Å². The number of urea groups is 1. The third-order valence-corrected chi connectivity index (χ3v) is 3.57. The Kier molecular flexibility index (Phi) is 5.48. The highest BCUT2D eigenvalue weighted by molar-refractivity contribution is 7.13. The molecule has 1 aromatic heterocycles. The molecule has 3 N–H and O–H groups in total. The van der Waals surface area contributed by atoms with E-state index in [1.54, 1.807) is 5.38 Å². The van der Waals surface area contributed by atoms with Crippen molar-refractivity contribution >= 4 is 34.1 Å². The summed E-state index contributed by atoms with van der Waals surface area (Å²) in [5.74, 6) is -0.0800. The molecule has 0 aliphatic carbocycles. The highest BCUT2D eigenvalue weighted by atomic mass is 32.1. The maximum absolute atomic E-state index is 11.9. The Labute approximate surface area is 133 Å². The van der Waals surface area contributed by atoms with Gasteiger partial charge >= 0.3 is 6.03 Å². The molecule has 6 nitrogen and oxygen atoms in total. The van der Waals surface area contributed by atoms with Crippen LogP contribution in [0, 0.1) is 6.92 Å². The molecular weight excluding hydrogens is 300 g/mol. The Hall–Kier alpha value is -2.41. The molecule has 116 valence electrons. The normalized spacial score (nSPS) is 10.1. The lowest BCUT2D eigenvalue weighted by atomic mass is 10.2. The highest BCUT2D eigenvalue weighted by Gasteiger charge is 2.09. The summed E-state index contributed by atoms with van der Waals surface area (Å²) in [6.07, 6.45) is 0.214. The number of aromatic nitrogens is 1. The number of aryl methyl sites for hydroxylation is 1. The second kappa shape index (κ2) is 7.56. The average molecular weight is 318 g/mol. The van der Waals surface area contributed by atoms with Gasteiger partial charge in [0, 0.05) is 17.6 Å². The van der Waals surface area contributed by atoms with Crippen LogP contribution in [0.25, 0.3) is 0 Å². The molecule has 0 atom stereocenters. The van der Waals surface area contributed by atoms with Gasteiger partial charge in [-0.3, -0.25) is 10.1 Å². The van der Waals surface area contributed by atoms with E-state index < -0.39 is 0 Å². The van der Waals surface area contributed by atoms with Gasteiger partial charge in [-0.2, -0.15) is 0 Å². The number of carbonyl (C=O) groups excluding carboxylic acids is 2. The van der Waals surface area contributed by atoms with Crippen LogP contribution in [-0.2, 0) is 11.2 Å². The summed E-state index contributed by atoms with van der Waals surface area (Å²) in [6, 6.07) is 7.16. The number of thiazole rings is 1. The molecule has 1 aromatic carbocycles. The molecule has 0 aliphatic rings. The van der Waals surface area contributed by atoms with Gasteiger partial charge in [-0.05, 0) is 31.5 Å². The number of rotatable bonds is 5. The van der Waals surface area contributed by atoms with E-state index in [2.05, 4.69) is 20.9 Å². The van der Waals surface area contributed by atoms with E-state index >= 15 is 0 Å². The molecule has 0 spiro atoms. The molecule has 0 radical (unpaired) electrons. The topological polar surface area (TPSA) is 83.1 Å². The first-order valence-electron chi connectivity index (χ1n) is 6.92. The number of nitrogens with one attached hydrogen (secondary N) is 3. The maximum atomic E-state index is 11.9. The standard InChI is InChI=1S/C15H18N4O2S/c1-3-16-13(20)8-12-9-22-15(18-12)19-14(21)17-11-6-4-5-10(2)7-11/h4-7,9H,3,8H2,1-2H3,(H,16,20)(H2,17,18,19,21). The molecule has 0 fully saturated rings. The van der Waals surface area contributed by atoms with Gasteiger partial charge in [0.05, 0.1) is 12.1 Å². The van der Waals surface area contributed by atoms with Crippen molar-refractivity contribution in [3.63, 3.8) is 0 Å². The minimum atomic E-state index is -0.357. The van der Waals surface area contributed by atoms with Crippen LogP contribution in [0.2, 0.25) is 0 Å². The monoisotopic (exact) mass is 318 g/mol. The molecule has 0 aliphatic heterocycles. The molecule has 0 bridgehead atoms. The van der Waals surface area contributed by atoms with Crippen LogP contribution < -0.4 is 16.0 Å². The van der Waals surface area contributed by atoms with E-state index in [4.69, 9.17) is 0 Å². The zero-order chi connectivity index (χ0) is 15.9. The van der Waals surface area contributed by atoms with Crippen molar-refractivity contribution in [2.75, 3.05) is 17.2 Å². The number of amides is 3. The fourth-order valence-corrected chi connectivity index (χ4v) is 2.56. The summed E-state index contributed by atoms with van der Waals surface area (Å²) in [6.45, 7) is 4.41. The lowest BCUT2D eigenvalue weighted by Gasteiger charge is -2.05. The minimum Gasteiger partial charge on any atom is -0.356 e. The Morgan fingerprint density at radius 1 is 1.27 bits per heavy atom. The summed E-state index contributed by atoms with van der Waals surface area (Å²) >= 11 is 1.29. The number of nitrogens with zero attached hydrogens (tertiary/aromatic N) is 1.